The number of hydrogen-bond acceptors (Lipinski definition) is 7. The Labute approximate surface area is 200 Å². The fourth-order valence-corrected chi connectivity index (χ4v) is 3.93. The Kier molecular flexibility index (Phi) is 11.3. The van der Waals surface area contributed by atoms with Crippen LogP contribution < -0.4 is 0 Å². The molecule has 7 nitrogen and oxygen atoms in total. The van der Waals surface area contributed by atoms with Gasteiger partial charge in [-0.1, -0.05) is 60.1 Å². The largest absolute Gasteiger partial charge is 0.400 e. The number of halogens is 1. The lowest BCUT2D eigenvalue weighted by Crippen LogP contribution is -2.47. The standard InChI is InChI=1S/C24H30ClNO5.CH4O/c1-3-20(26-30-4-2)16-7-5-15(6-8-16)11-18-12-17(9-10-19(18)25)22-13-21(28)24(29)23(14-27)31-22;1-2/h5-10,12,21-24,27-29H,3-4,11,13-14H2,1-2H3;2H,1H3/b26-20+;/t21?,22?,23?,24-;/m0./s1. The summed E-state index contributed by atoms with van der Waals surface area (Å²) in [6.07, 6.45) is -1.60. The predicted octanol–water partition coefficient (Wildman–Crippen LogP) is 3.23. The molecule has 0 aliphatic carbocycles. The van der Waals surface area contributed by atoms with Crippen LogP contribution in [0.4, 0.5) is 0 Å². The number of rotatable bonds is 8. The number of oxime groups is 1. The van der Waals surface area contributed by atoms with Crippen LogP contribution in [0.2, 0.25) is 5.02 Å². The molecule has 1 aliphatic rings. The normalized spacial score (nSPS) is 23.0. The van der Waals surface area contributed by atoms with Gasteiger partial charge in [-0.25, -0.2) is 0 Å². The van der Waals surface area contributed by atoms with Gasteiger partial charge in [-0.2, -0.15) is 0 Å². The van der Waals surface area contributed by atoms with Gasteiger partial charge in [0.25, 0.3) is 0 Å². The van der Waals surface area contributed by atoms with Gasteiger partial charge in [-0.3, -0.25) is 0 Å². The van der Waals surface area contributed by atoms with Crippen molar-refractivity contribution in [3.05, 3.63) is 69.7 Å². The number of aliphatic hydroxyl groups excluding tert-OH is 4. The zero-order valence-electron chi connectivity index (χ0n) is 19.3. The molecule has 1 fully saturated rings. The highest BCUT2D eigenvalue weighted by molar-refractivity contribution is 6.31. The Bertz CT molecular complexity index is 889. The van der Waals surface area contributed by atoms with Gasteiger partial charge in [0.1, 0.15) is 18.8 Å². The van der Waals surface area contributed by atoms with Crippen LogP contribution in [0.1, 0.15) is 55.0 Å². The summed E-state index contributed by atoms with van der Waals surface area (Å²) in [6.45, 7) is 4.13. The average Bonchev–Trinajstić information content (AvgIpc) is 2.84. The second kappa shape index (κ2) is 13.6. The van der Waals surface area contributed by atoms with E-state index >= 15 is 0 Å². The first-order valence-corrected chi connectivity index (χ1v) is 11.5. The van der Waals surface area contributed by atoms with Crippen LogP contribution in [-0.4, -0.2) is 64.8 Å². The van der Waals surface area contributed by atoms with Crippen molar-refractivity contribution in [2.75, 3.05) is 20.3 Å². The highest BCUT2D eigenvalue weighted by Gasteiger charge is 2.37. The van der Waals surface area contributed by atoms with E-state index in [1.165, 1.54) is 0 Å². The monoisotopic (exact) mass is 479 g/mol. The summed E-state index contributed by atoms with van der Waals surface area (Å²) in [6, 6.07) is 13.8. The number of ether oxygens (including phenoxy) is 1. The van der Waals surface area contributed by atoms with E-state index in [0.29, 0.717) is 18.1 Å². The molecule has 4 N–H and O–H groups in total. The van der Waals surface area contributed by atoms with Crippen molar-refractivity contribution >= 4 is 17.3 Å². The Morgan fingerprint density at radius 2 is 1.82 bits per heavy atom. The zero-order valence-corrected chi connectivity index (χ0v) is 20.1. The summed E-state index contributed by atoms with van der Waals surface area (Å²) in [5.74, 6) is 0. The molecule has 33 heavy (non-hydrogen) atoms. The summed E-state index contributed by atoms with van der Waals surface area (Å²) >= 11 is 6.45. The predicted molar refractivity (Wildman–Crippen MR) is 129 cm³/mol. The van der Waals surface area contributed by atoms with Gasteiger partial charge >= 0.3 is 0 Å². The molecule has 0 spiro atoms. The van der Waals surface area contributed by atoms with Crippen molar-refractivity contribution in [2.24, 2.45) is 5.16 Å². The summed E-state index contributed by atoms with van der Waals surface area (Å²) in [5.41, 5.74) is 4.83. The number of benzene rings is 2. The first-order chi connectivity index (χ1) is 16.0. The van der Waals surface area contributed by atoms with Gasteiger partial charge in [0, 0.05) is 18.6 Å². The number of hydrogen-bond donors (Lipinski definition) is 4. The lowest BCUT2D eigenvalue weighted by Gasteiger charge is -2.36. The zero-order chi connectivity index (χ0) is 24.4. The summed E-state index contributed by atoms with van der Waals surface area (Å²) in [5, 5.41) is 41.3. The van der Waals surface area contributed by atoms with E-state index in [1.807, 2.05) is 44.2 Å². The highest BCUT2D eigenvalue weighted by atomic mass is 35.5. The minimum absolute atomic E-state index is 0.256. The second-order valence-corrected chi connectivity index (χ2v) is 8.08. The lowest BCUT2D eigenvalue weighted by atomic mass is 9.92. The molecule has 1 saturated heterocycles. The minimum atomic E-state index is -1.09. The minimum Gasteiger partial charge on any atom is -0.400 e. The molecule has 2 aromatic rings. The highest BCUT2D eigenvalue weighted by Crippen LogP contribution is 2.34. The third-order valence-electron chi connectivity index (χ3n) is 5.51. The van der Waals surface area contributed by atoms with Crippen LogP contribution in [0.5, 0.6) is 0 Å². The number of aliphatic hydroxyl groups is 4. The van der Waals surface area contributed by atoms with Gasteiger partial charge in [-0.05, 0) is 48.1 Å². The molecule has 3 unspecified atom stereocenters. The molecule has 1 aliphatic heterocycles. The molecule has 0 radical (unpaired) electrons. The van der Waals surface area contributed by atoms with Crippen molar-refractivity contribution in [1.82, 2.24) is 0 Å². The van der Waals surface area contributed by atoms with Gasteiger partial charge in [0.15, 0.2) is 0 Å². The van der Waals surface area contributed by atoms with Gasteiger partial charge in [0.05, 0.1) is 24.5 Å². The summed E-state index contributed by atoms with van der Waals surface area (Å²) in [7, 11) is 1.00. The maximum atomic E-state index is 10.1. The third kappa shape index (κ3) is 7.24. The van der Waals surface area contributed by atoms with E-state index in [1.54, 1.807) is 0 Å². The fourth-order valence-electron chi connectivity index (χ4n) is 3.75. The Morgan fingerprint density at radius 1 is 1.12 bits per heavy atom. The Hall–Kier alpha value is -2.00. The van der Waals surface area contributed by atoms with E-state index in [9.17, 15) is 15.3 Å². The molecule has 0 amide bonds. The van der Waals surface area contributed by atoms with Crippen LogP contribution in [0.25, 0.3) is 0 Å². The van der Waals surface area contributed by atoms with E-state index in [-0.39, 0.29) is 13.0 Å². The van der Waals surface area contributed by atoms with Crippen molar-refractivity contribution in [3.63, 3.8) is 0 Å². The van der Waals surface area contributed by atoms with Crippen molar-refractivity contribution in [1.29, 1.82) is 0 Å². The SMILES string of the molecule is CCO/N=C(\CC)c1ccc(Cc2cc(C3CC(O)[C@H](O)C(CO)O3)ccc2Cl)cc1.CO. The maximum Gasteiger partial charge on any atom is 0.114 e. The molecule has 4 atom stereocenters. The molecule has 1 heterocycles. The van der Waals surface area contributed by atoms with Crippen LogP contribution in [0, 0.1) is 0 Å². The van der Waals surface area contributed by atoms with E-state index in [2.05, 4.69) is 17.3 Å². The smallest absolute Gasteiger partial charge is 0.114 e. The van der Waals surface area contributed by atoms with Crippen LogP contribution in [-0.2, 0) is 16.0 Å². The lowest BCUT2D eigenvalue weighted by molar-refractivity contribution is -0.181. The molecular formula is C25H34ClNO6. The maximum absolute atomic E-state index is 10.1. The molecule has 3 rings (SSSR count). The molecule has 0 aromatic heterocycles. The molecule has 0 bridgehead atoms. The Balaban J connectivity index is 0.00000187. The van der Waals surface area contributed by atoms with Crippen LogP contribution >= 0.6 is 11.6 Å². The first-order valence-electron chi connectivity index (χ1n) is 11.1. The summed E-state index contributed by atoms with van der Waals surface area (Å²) in [4.78, 5) is 5.19. The third-order valence-corrected chi connectivity index (χ3v) is 5.88. The topological polar surface area (TPSA) is 112 Å². The van der Waals surface area contributed by atoms with Gasteiger partial charge < -0.3 is 30.0 Å². The molecule has 182 valence electrons. The second-order valence-electron chi connectivity index (χ2n) is 7.67. The van der Waals surface area contributed by atoms with Crippen LogP contribution in [0.3, 0.4) is 0 Å². The van der Waals surface area contributed by atoms with E-state index in [4.69, 9.17) is 26.3 Å². The number of nitrogens with zero attached hydrogens (tertiary/aromatic N) is 1. The van der Waals surface area contributed by atoms with Crippen molar-refractivity contribution in [3.8, 4) is 0 Å². The van der Waals surface area contributed by atoms with E-state index < -0.39 is 24.4 Å². The average molecular weight is 480 g/mol. The Morgan fingerprint density at radius 3 is 2.42 bits per heavy atom. The quantitative estimate of drug-likeness (QED) is 0.341. The summed E-state index contributed by atoms with van der Waals surface area (Å²) < 4.78 is 5.81. The van der Waals surface area contributed by atoms with Crippen molar-refractivity contribution in [2.45, 2.75) is 57.5 Å². The van der Waals surface area contributed by atoms with Gasteiger partial charge in [0.2, 0.25) is 0 Å². The van der Waals surface area contributed by atoms with Gasteiger partial charge in [-0.15, -0.1) is 0 Å². The van der Waals surface area contributed by atoms with E-state index in [0.717, 1.165) is 41.5 Å². The fraction of sp³-hybridized carbons (Fsp3) is 0.480. The molecule has 0 saturated carbocycles. The molecular weight excluding hydrogens is 446 g/mol. The van der Waals surface area contributed by atoms with Crippen molar-refractivity contribution < 1.29 is 30.0 Å². The molecule has 2 aromatic carbocycles. The molecule has 8 heteroatoms. The van der Waals surface area contributed by atoms with Crippen LogP contribution in [0.15, 0.2) is 47.6 Å². The first kappa shape index (κ1) is 27.2.